The molecule has 1 saturated carbocycles. The van der Waals surface area contributed by atoms with E-state index in [0.29, 0.717) is 30.5 Å². The van der Waals surface area contributed by atoms with E-state index in [9.17, 15) is 14.4 Å². The summed E-state index contributed by atoms with van der Waals surface area (Å²) in [5, 5.41) is 6.69. The number of hydrogen-bond acceptors (Lipinski definition) is 4. The van der Waals surface area contributed by atoms with Gasteiger partial charge in [0, 0.05) is 75.4 Å². The van der Waals surface area contributed by atoms with E-state index in [-0.39, 0.29) is 29.9 Å². The lowest BCUT2D eigenvalue weighted by Gasteiger charge is -2.40. The number of urea groups is 1. The number of benzene rings is 1. The van der Waals surface area contributed by atoms with Crippen LogP contribution in [0.15, 0.2) is 12.1 Å². The van der Waals surface area contributed by atoms with Crippen LogP contribution < -0.4 is 10.6 Å². The summed E-state index contributed by atoms with van der Waals surface area (Å²) in [4.78, 5) is 43.2. The third-order valence-corrected chi connectivity index (χ3v) is 7.78. The normalized spacial score (nSPS) is 22.9. The fraction of sp³-hybridized carbons (Fsp3) is 0.654. The van der Waals surface area contributed by atoms with Crippen LogP contribution in [0.3, 0.4) is 0 Å². The second-order valence-corrected chi connectivity index (χ2v) is 10.8. The van der Waals surface area contributed by atoms with E-state index in [1.165, 1.54) is 12.8 Å². The number of amides is 4. The molecule has 1 aromatic rings. The highest BCUT2D eigenvalue weighted by atomic mass is 35.5. The molecule has 0 spiro atoms. The zero-order valence-electron chi connectivity index (χ0n) is 21.1. The maximum atomic E-state index is 12.8. The van der Waals surface area contributed by atoms with Crippen LogP contribution in [0.2, 0.25) is 5.02 Å². The molecule has 1 unspecified atom stereocenters. The van der Waals surface area contributed by atoms with Crippen molar-refractivity contribution in [2.45, 2.75) is 71.5 Å². The number of nitrogens with one attached hydrogen (secondary N) is 2. The number of halogens is 1. The molecule has 1 aliphatic carbocycles. The van der Waals surface area contributed by atoms with Crippen LogP contribution in [0.4, 0.5) is 10.5 Å². The van der Waals surface area contributed by atoms with Crippen LogP contribution in [-0.2, 0) is 16.1 Å². The number of carbonyl (C=O) groups excluding carboxylic acids is 3. The minimum absolute atomic E-state index is 0.0243. The average molecular weight is 504 g/mol. The highest BCUT2D eigenvalue weighted by Gasteiger charge is 2.30. The second kappa shape index (κ2) is 11.2. The molecular formula is C26H38ClN5O3. The van der Waals surface area contributed by atoms with Gasteiger partial charge in [-0.05, 0) is 68.7 Å². The molecule has 35 heavy (non-hydrogen) atoms. The molecule has 2 aliphatic heterocycles. The Bertz CT molecular complexity index is 967. The van der Waals surface area contributed by atoms with Crippen molar-refractivity contribution in [1.82, 2.24) is 20.0 Å². The summed E-state index contributed by atoms with van der Waals surface area (Å²) in [6, 6.07) is 3.88. The molecule has 192 valence electrons. The monoisotopic (exact) mass is 503 g/mol. The van der Waals surface area contributed by atoms with E-state index in [0.717, 1.165) is 55.8 Å². The van der Waals surface area contributed by atoms with Gasteiger partial charge >= 0.3 is 6.03 Å². The molecule has 0 bridgehead atoms. The number of rotatable bonds is 7. The molecule has 8 nitrogen and oxygen atoms in total. The number of carbonyl (C=O) groups is 3. The molecule has 4 amide bonds. The lowest BCUT2D eigenvalue weighted by Crippen LogP contribution is -2.56. The van der Waals surface area contributed by atoms with E-state index < -0.39 is 0 Å². The fourth-order valence-corrected chi connectivity index (χ4v) is 5.52. The van der Waals surface area contributed by atoms with Crippen molar-refractivity contribution >= 4 is 35.1 Å². The summed E-state index contributed by atoms with van der Waals surface area (Å²) in [6.07, 6.45) is 4.54. The number of likely N-dealkylation sites (tertiary alicyclic amines) is 1. The van der Waals surface area contributed by atoms with Crippen LogP contribution in [0.1, 0.15) is 57.1 Å². The predicted octanol–water partition coefficient (Wildman–Crippen LogP) is 3.61. The zero-order chi connectivity index (χ0) is 25.1. The van der Waals surface area contributed by atoms with Crippen LogP contribution in [0, 0.1) is 12.8 Å². The second-order valence-electron chi connectivity index (χ2n) is 10.4. The molecule has 2 atom stereocenters. The highest BCUT2D eigenvalue weighted by Crippen LogP contribution is 2.29. The Balaban J connectivity index is 1.34. The lowest BCUT2D eigenvalue weighted by atomic mass is 10.0. The third-order valence-electron chi connectivity index (χ3n) is 7.56. The Morgan fingerprint density at radius 3 is 2.54 bits per heavy atom. The first kappa shape index (κ1) is 25.8. The molecular weight excluding hydrogens is 466 g/mol. The molecule has 2 heterocycles. The summed E-state index contributed by atoms with van der Waals surface area (Å²) in [7, 11) is 0. The molecule has 2 saturated heterocycles. The van der Waals surface area contributed by atoms with Crippen molar-refractivity contribution in [1.29, 1.82) is 0 Å². The third kappa shape index (κ3) is 6.67. The Kier molecular flexibility index (Phi) is 8.22. The van der Waals surface area contributed by atoms with Gasteiger partial charge in [-0.3, -0.25) is 14.5 Å². The highest BCUT2D eigenvalue weighted by molar-refractivity contribution is 6.31. The summed E-state index contributed by atoms with van der Waals surface area (Å²) >= 11 is 6.43. The summed E-state index contributed by atoms with van der Waals surface area (Å²) in [6.45, 7) is 10.1. The van der Waals surface area contributed by atoms with Gasteiger partial charge in [-0.1, -0.05) is 11.6 Å². The molecule has 2 N–H and O–H groups in total. The molecule has 3 aliphatic rings. The van der Waals surface area contributed by atoms with E-state index >= 15 is 0 Å². The van der Waals surface area contributed by atoms with Gasteiger partial charge in [0.25, 0.3) is 0 Å². The van der Waals surface area contributed by atoms with Gasteiger partial charge in [-0.25, -0.2) is 4.79 Å². The minimum atomic E-state index is -0.0982. The van der Waals surface area contributed by atoms with Crippen molar-refractivity contribution in [3.63, 3.8) is 0 Å². The van der Waals surface area contributed by atoms with Crippen molar-refractivity contribution in [3.05, 3.63) is 28.3 Å². The lowest BCUT2D eigenvalue weighted by molar-refractivity contribution is -0.130. The molecule has 3 fully saturated rings. The first-order valence-electron chi connectivity index (χ1n) is 12.8. The van der Waals surface area contributed by atoms with Gasteiger partial charge in [0.2, 0.25) is 11.8 Å². The Labute approximate surface area is 213 Å². The largest absolute Gasteiger partial charge is 0.339 e. The minimum Gasteiger partial charge on any atom is -0.339 e. The van der Waals surface area contributed by atoms with E-state index in [1.54, 1.807) is 17.9 Å². The molecule has 4 rings (SSSR count). The van der Waals surface area contributed by atoms with E-state index in [4.69, 9.17) is 11.6 Å². The molecule has 9 heteroatoms. The van der Waals surface area contributed by atoms with Gasteiger partial charge in [0.1, 0.15) is 0 Å². The van der Waals surface area contributed by atoms with Crippen LogP contribution in [0.5, 0.6) is 0 Å². The maximum Gasteiger partial charge on any atom is 0.317 e. The molecule has 0 radical (unpaired) electrons. The summed E-state index contributed by atoms with van der Waals surface area (Å²) in [5.74, 6) is 0.595. The topological polar surface area (TPSA) is 85.0 Å². The van der Waals surface area contributed by atoms with Crippen LogP contribution in [-0.4, -0.2) is 77.4 Å². The van der Waals surface area contributed by atoms with Crippen molar-refractivity contribution < 1.29 is 14.4 Å². The smallest absolute Gasteiger partial charge is 0.317 e. The SMILES string of the molecule is CC(=O)N1CCCC1CC(=O)Nc1cc(Cl)cc(CN2CCN(C(=O)NCC3CC3)[C@@H](C)C2)c1C. The zero-order valence-corrected chi connectivity index (χ0v) is 21.9. The van der Waals surface area contributed by atoms with Crippen molar-refractivity contribution in [2.75, 3.05) is 38.0 Å². The predicted molar refractivity (Wildman–Crippen MR) is 137 cm³/mol. The summed E-state index contributed by atoms with van der Waals surface area (Å²) in [5.41, 5.74) is 2.78. The Morgan fingerprint density at radius 1 is 1.09 bits per heavy atom. The van der Waals surface area contributed by atoms with Crippen molar-refractivity contribution in [3.8, 4) is 0 Å². The Hall–Kier alpha value is -2.32. The van der Waals surface area contributed by atoms with Gasteiger partial charge in [-0.15, -0.1) is 0 Å². The first-order chi connectivity index (χ1) is 16.7. The fourth-order valence-electron chi connectivity index (χ4n) is 5.28. The molecule has 1 aromatic carbocycles. The summed E-state index contributed by atoms with van der Waals surface area (Å²) < 4.78 is 0. The van der Waals surface area contributed by atoms with Crippen LogP contribution >= 0.6 is 11.6 Å². The first-order valence-corrected chi connectivity index (χ1v) is 13.2. The van der Waals surface area contributed by atoms with Crippen LogP contribution in [0.25, 0.3) is 0 Å². The number of nitrogens with zero attached hydrogens (tertiary/aromatic N) is 3. The maximum absolute atomic E-state index is 12.8. The number of hydrogen-bond donors (Lipinski definition) is 2. The number of anilines is 1. The average Bonchev–Trinajstić information content (AvgIpc) is 3.51. The van der Waals surface area contributed by atoms with Gasteiger partial charge in [0.05, 0.1) is 0 Å². The van der Waals surface area contributed by atoms with Crippen molar-refractivity contribution in [2.24, 2.45) is 5.92 Å². The molecule has 0 aromatic heterocycles. The van der Waals surface area contributed by atoms with Gasteiger partial charge < -0.3 is 20.4 Å². The number of piperazine rings is 1. The Morgan fingerprint density at radius 2 is 1.86 bits per heavy atom. The standard InChI is InChI=1S/C26H38ClN5O3/c1-17-15-30(9-10-31(17)26(35)28-14-20-6-7-20)16-21-11-22(27)12-24(18(21)2)29-25(34)13-23-5-4-8-32(23)19(3)33/h11-12,17,20,23H,4-10,13-16H2,1-3H3,(H,28,35)(H,29,34)/t17-,23?/m0/s1. The van der Waals surface area contributed by atoms with E-state index in [1.807, 2.05) is 17.9 Å². The quantitative estimate of drug-likeness (QED) is 0.595. The van der Waals surface area contributed by atoms with E-state index in [2.05, 4.69) is 22.5 Å². The van der Waals surface area contributed by atoms with Gasteiger partial charge in [0.15, 0.2) is 0 Å². The van der Waals surface area contributed by atoms with Gasteiger partial charge in [-0.2, -0.15) is 0 Å².